The molecule has 0 aliphatic heterocycles. The van der Waals surface area contributed by atoms with Gasteiger partial charge >= 0.3 is 6.03 Å². The van der Waals surface area contributed by atoms with Crippen LogP contribution in [0, 0.1) is 0 Å². The number of hydrogen-bond acceptors (Lipinski definition) is 2. The topological polar surface area (TPSA) is 46.1 Å². The number of benzene rings is 1. The Bertz CT molecular complexity index is 749. The summed E-state index contributed by atoms with van der Waals surface area (Å²) in [5.41, 5.74) is 1.24. The van der Waals surface area contributed by atoms with Crippen molar-refractivity contribution in [2.75, 3.05) is 13.1 Å². The molecule has 2 N–H and O–H groups in total. The summed E-state index contributed by atoms with van der Waals surface area (Å²) >= 11 is 1.72. The first-order valence-electron chi connectivity index (χ1n) is 7.91. The van der Waals surface area contributed by atoms with Gasteiger partial charge in [-0.05, 0) is 41.8 Å². The second kappa shape index (κ2) is 7.83. The number of aromatic nitrogens is 1. The van der Waals surface area contributed by atoms with Gasteiger partial charge < -0.3 is 15.2 Å². The van der Waals surface area contributed by atoms with Gasteiger partial charge in [0.1, 0.15) is 0 Å². The summed E-state index contributed by atoms with van der Waals surface area (Å²) < 4.78 is 2.23. The maximum atomic E-state index is 11.7. The fraction of sp³-hybridized carbons (Fsp3) is 0.278. The molecule has 0 fully saturated rings. The quantitative estimate of drug-likeness (QED) is 0.640. The molecule has 2 heterocycles. The molecule has 0 radical (unpaired) electrons. The van der Waals surface area contributed by atoms with Gasteiger partial charge in [0.2, 0.25) is 0 Å². The third-order valence-corrected chi connectivity index (χ3v) is 4.71. The molecule has 23 heavy (non-hydrogen) atoms. The highest BCUT2D eigenvalue weighted by molar-refractivity contribution is 7.09. The van der Waals surface area contributed by atoms with Gasteiger partial charge in [-0.3, -0.25) is 0 Å². The monoisotopic (exact) mass is 327 g/mol. The molecular formula is C18H21N3OS. The van der Waals surface area contributed by atoms with Gasteiger partial charge in [0, 0.05) is 36.2 Å². The molecule has 0 atom stereocenters. The Hall–Kier alpha value is -2.27. The second-order valence-corrected chi connectivity index (χ2v) is 6.47. The highest BCUT2D eigenvalue weighted by Gasteiger charge is 2.02. The van der Waals surface area contributed by atoms with E-state index >= 15 is 0 Å². The number of carbonyl (C=O) groups is 1. The van der Waals surface area contributed by atoms with Crippen LogP contribution in [0.25, 0.3) is 10.9 Å². The van der Waals surface area contributed by atoms with Crippen molar-refractivity contribution in [3.63, 3.8) is 0 Å². The van der Waals surface area contributed by atoms with Crippen molar-refractivity contribution in [3.8, 4) is 0 Å². The van der Waals surface area contributed by atoms with Crippen LogP contribution in [0.1, 0.15) is 11.3 Å². The molecule has 0 bridgehead atoms. The average molecular weight is 327 g/mol. The predicted molar refractivity (Wildman–Crippen MR) is 96.0 cm³/mol. The number of fused-ring (bicyclic) bond motifs is 1. The Morgan fingerprint density at radius 3 is 2.78 bits per heavy atom. The number of hydrogen-bond donors (Lipinski definition) is 2. The first kappa shape index (κ1) is 15.6. The molecule has 0 saturated heterocycles. The van der Waals surface area contributed by atoms with Crippen LogP contribution >= 0.6 is 11.3 Å². The van der Waals surface area contributed by atoms with Gasteiger partial charge in [0.05, 0.1) is 0 Å². The number of urea groups is 1. The summed E-state index contributed by atoms with van der Waals surface area (Å²) in [5, 5.41) is 9.12. The number of nitrogens with one attached hydrogen (secondary N) is 2. The maximum absolute atomic E-state index is 11.7. The lowest BCUT2D eigenvalue weighted by molar-refractivity contribution is 0.241. The Balaban J connectivity index is 1.34. The first-order valence-corrected chi connectivity index (χ1v) is 8.79. The van der Waals surface area contributed by atoms with Crippen LogP contribution in [0.4, 0.5) is 4.79 Å². The molecule has 120 valence electrons. The molecule has 2 amide bonds. The van der Waals surface area contributed by atoms with Gasteiger partial charge in [-0.15, -0.1) is 11.3 Å². The van der Waals surface area contributed by atoms with Crippen LogP contribution in [0.15, 0.2) is 54.0 Å². The lowest BCUT2D eigenvalue weighted by Gasteiger charge is -2.08. The van der Waals surface area contributed by atoms with Crippen molar-refractivity contribution in [1.29, 1.82) is 0 Å². The van der Waals surface area contributed by atoms with E-state index in [1.54, 1.807) is 11.3 Å². The fourth-order valence-electron chi connectivity index (χ4n) is 2.60. The van der Waals surface area contributed by atoms with E-state index in [9.17, 15) is 4.79 Å². The van der Waals surface area contributed by atoms with Crippen LogP contribution in [-0.4, -0.2) is 23.7 Å². The molecule has 0 unspecified atom stereocenters. The summed E-state index contributed by atoms with van der Waals surface area (Å²) in [6, 6.07) is 14.5. The molecule has 0 aliphatic carbocycles. The zero-order valence-corrected chi connectivity index (χ0v) is 13.8. The zero-order valence-electron chi connectivity index (χ0n) is 13.0. The standard InChI is InChI=1S/C18H21N3OS/c22-18(20-11-8-16-6-3-14-23-16)19-10-4-12-21-13-9-15-5-1-2-7-17(15)21/h1-3,5-7,9,13-14H,4,8,10-12H2,(H2,19,20,22). The molecule has 2 aromatic heterocycles. The summed E-state index contributed by atoms with van der Waals surface area (Å²) in [4.78, 5) is 13.0. The van der Waals surface area contributed by atoms with Crippen molar-refractivity contribution in [2.24, 2.45) is 0 Å². The van der Waals surface area contributed by atoms with Gasteiger partial charge in [-0.1, -0.05) is 24.3 Å². The first-order chi connectivity index (χ1) is 11.3. The molecule has 0 saturated carbocycles. The van der Waals surface area contributed by atoms with E-state index in [0.717, 1.165) is 19.4 Å². The summed E-state index contributed by atoms with van der Waals surface area (Å²) in [6.07, 6.45) is 3.91. The van der Waals surface area contributed by atoms with Crippen molar-refractivity contribution in [2.45, 2.75) is 19.4 Å². The molecule has 3 aromatic rings. The van der Waals surface area contributed by atoms with Crippen molar-refractivity contribution in [3.05, 3.63) is 58.9 Å². The minimum atomic E-state index is -0.0843. The Labute approximate surface area is 140 Å². The molecular weight excluding hydrogens is 306 g/mol. The Morgan fingerprint density at radius 1 is 1.04 bits per heavy atom. The van der Waals surface area contributed by atoms with E-state index in [1.165, 1.54) is 15.8 Å². The Morgan fingerprint density at radius 2 is 1.91 bits per heavy atom. The third kappa shape index (κ3) is 4.36. The van der Waals surface area contributed by atoms with E-state index in [-0.39, 0.29) is 6.03 Å². The molecule has 0 spiro atoms. The van der Waals surface area contributed by atoms with Crippen molar-refractivity contribution < 1.29 is 4.79 Å². The zero-order chi connectivity index (χ0) is 15.9. The van der Waals surface area contributed by atoms with Crippen LogP contribution in [0.5, 0.6) is 0 Å². The molecule has 3 rings (SSSR count). The smallest absolute Gasteiger partial charge is 0.314 e. The third-order valence-electron chi connectivity index (χ3n) is 3.78. The van der Waals surface area contributed by atoms with Crippen LogP contribution in [-0.2, 0) is 13.0 Å². The van der Waals surface area contributed by atoms with Crippen LogP contribution in [0.2, 0.25) is 0 Å². The molecule has 5 heteroatoms. The number of para-hydroxylation sites is 1. The van der Waals surface area contributed by atoms with E-state index in [1.807, 2.05) is 6.07 Å². The van der Waals surface area contributed by atoms with Crippen molar-refractivity contribution >= 4 is 28.3 Å². The summed E-state index contributed by atoms with van der Waals surface area (Å²) in [5.74, 6) is 0. The highest BCUT2D eigenvalue weighted by atomic mass is 32.1. The molecule has 4 nitrogen and oxygen atoms in total. The number of rotatable bonds is 7. The van der Waals surface area contributed by atoms with E-state index in [2.05, 4.69) is 63.2 Å². The molecule has 0 aliphatic rings. The normalized spacial score (nSPS) is 10.8. The van der Waals surface area contributed by atoms with Gasteiger partial charge in [-0.2, -0.15) is 0 Å². The second-order valence-electron chi connectivity index (χ2n) is 5.43. The number of amides is 2. The van der Waals surface area contributed by atoms with Gasteiger partial charge in [-0.25, -0.2) is 4.79 Å². The van der Waals surface area contributed by atoms with E-state index in [4.69, 9.17) is 0 Å². The van der Waals surface area contributed by atoms with Gasteiger partial charge in [0.15, 0.2) is 0 Å². The van der Waals surface area contributed by atoms with E-state index in [0.29, 0.717) is 13.1 Å². The van der Waals surface area contributed by atoms with Crippen molar-refractivity contribution in [1.82, 2.24) is 15.2 Å². The number of nitrogens with zero attached hydrogens (tertiary/aromatic N) is 1. The number of aryl methyl sites for hydroxylation is 1. The average Bonchev–Trinajstić information content (AvgIpc) is 3.21. The minimum absolute atomic E-state index is 0.0843. The SMILES string of the molecule is O=C(NCCCn1ccc2ccccc21)NCCc1cccs1. The highest BCUT2D eigenvalue weighted by Crippen LogP contribution is 2.15. The lowest BCUT2D eigenvalue weighted by atomic mass is 10.2. The largest absolute Gasteiger partial charge is 0.347 e. The van der Waals surface area contributed by atoms with Gasteiger partial charge in [0.25, 0.3) is 0 Å². The fourth-order valence-corrected chi connectivity index (χ4v) is 3.31. The van der Waals surface area contributed by atoms with Crippen LogP contribution < -0.4 is 10.6 Å². The predicted octanol–water partition coefficient (Wildman–Crippen LogP) is 3.63. The number of thiophene rings is 1. The Kier molecular flexibility index (Phi) is 5.32. The van der Waals surface area contributed by atoms with Crippen LogP contribution in [0.3, 0.4) is 0 Å². The maximum Gasteiger partial charge on any atom is 0.314 e. The van der Waals surface area contributed by atoms with E-state index < -0.39 is 0 Å². The minimum Gasteiger partial charge on any atom is -0.347 e. The number of carbonyl (C=O) groups excluding carboxylic acids is 1. The lowest BCUT2D eigenvalue weighted by Crippen LogP contribution is -2.37. The molecule has 1 aromatic carbocycles. The summed E-state index contributed by atoms with van der Waals surface area (Å²) in [7, 11) is 0. The summed E-state index contributed by atoms with van der Waals surface area (Å²) in [6.45, 7) is 2.26.